The van der Waals surface area contributed by atoms with Gasteiger partial charge in [-0.05, 0) is 30.5 Å². The van der Waals surface area contributed by atoms with Crippen LogP contribution >= 0.6 is 27.7 Å². The molecular weight excluding hydrogens is 316 g/mol. The fraction of sp³-hybridized carbons (Fsp3) is 0.167. The SMILES string of the molecule is CSc1cc(Br)cc(-c2cc(C(=O)O)nn2C)c1. The number of aromatic nitrogens is 2. The smallest absolute Gasteiger partial charge is 0.356 e. The van der Waals surface area contributed by atoms with Gasteiger partial charge in [-0.15, -0.1) is 11.8 Å². The summed E-state index contributed by atoms with van der Waals surface area (Å²) in [5.74, 6) is -1.02. The van der Waals surface area contributed by atoms with Gasteiger partial charge in [0.25, 0.3) is 0 Å². The average molecular weight is 327 g/mol. The van der Waals surface area contributed by atoms with E-state index < -0.39 is 5.97 Å². The summed E-state index contributed by atoms with van der Waals surface area (Å²) in [7, 11) is 1.74. The second-order valence-corrected chi connectivity index (χ2v) is 5.52. The van der Waals surface area contributed by atoms with Crippen molar-refractivity contribution in [3.63, 3.8) is 0 Å². The standard InChI is InChI=1S/C12H11BrN2O2S/c1-15-11(6-10(14-15)12(16)17)7-3-8(13)5-9(4-7)18-2/h3-6H,1-2H3,(H,16,17). The van der Waals surface area contributed by atoms with Gasteiger partial charge in [0.15, 0.2) is 5.69 Å². The quantitative estimate of drug-likeness (QED) is 0.879. The van der Waals surface area contributed by atoms with E-state index >= 15 is 0 Å². The zero-order valence-corrected chi connectivity index (χ0v) is 12.2. The van der Waals surface area contributed by atoms with Crippen molar-refractivity contribution in [1.82, 2.24) is 9.78 Å². The minimum Gasteiger partial charge on any atom is -0.476 e. The minimum absolute atomic E-state index is 0.0539. The van der Waals surface area contributed by atoms with Crippen molar-refractivity contribution in [3.05, 3.63) is 34.4 Å². The largest absolute Gasteiger partial charge is 0.476 e. The molecule has 6 heteroatoms. The van der Waals surface area contributed by atoms with E-state index in [2.05, 4.69) is 21.0 Å². The van der Waals surface area contributed by atoms with E-state index in [0.717, 1.165) is 20.6 Å². The summed E-state index contributed by atoms with van der Waals surface area (Å²) >= 11 is 5.09. The lowest BCUT2D eigenvalue weighted by Gasteiger charge is -2.05. The second kappa shape index (κ2) is 5.16. The average Bonchev–Trinajstić information content (AvgIpc) is 2.70. The number of thioether (sulfide) groups is 1. The van der Waals surface area contributed by atoms with E-state index in [0.29, 0.717) is 0 Å². The number of aromatic carboxylic acids is 1. The van der Waals surface area contributed by atoms with E-state index in [1.165, 1.54) is 0 Å². The zero-order valence-electron chi connectivity index (χ0n) is 9.85. The third-order valence-electron chi connectivity index (χ3n) is 2.50. The number of carbonyl (C=O) groups is 1. The molecule has 94 valence electrons. The third kappa shape index (κ3) is 2.59. The lowest BCUT2D eigenvalue weighted by molar-refractivity contribution is 0.0689. The topological polar surface area (TPSA) is 55.1 Å². The van der Waals surface area contributed by atoms with Gasteiger partial charge < -0.3 is 5.11 Å². The van der Waals surface area contributed by atoms with Crippen LogP contribution in [0, 0.1) is 0 Å². The van der Waals surface area contributed by atoms with E-state index in [4.69, 9.17) is 5.11 Å². The number of carboxylic acids is 1. The third-order valence-corrected chi connectivity index (χ3v) is 3.67. The molecule has 0 aliphatic heterocycles. The Bertz CT molecular complexity index is 610. The molecular formula is C12H11BrN2O2S. The van der Waals surface area contributed by atoms with Crippen LogP contribution in [-0.4, -0.2) is 27.1 Å². The molecule has 0 fully saturated rings. The number of benzene rings is 1. The maximum Gasteiger partial charge on any atom is 0.356 e. The van der Waals surface area contributed by atoms with E-state index in [-0.39, 0.29) is 5.69 Å². The number of halogens is 1. The number of hydrogen-bond acceptors (Lipinski definition) is 3. The van der Waals surface area contributed by atoms with Crippen LogP contribution in [0.1, 0.15) is 10.5 Å². The highest BCUT2D eigenvalue weighted by Crippen LogP contribution is 2.29. The van der Waals surface area contributed by atoms with Gasteiger partial charge in [-0.1, -0.05) is 15.9 Å². The highest BCUT2D eigenvalue weighted by molar-refractivity contribution is 9.10. The van der Waals surface area contributed by atoms with Crippen molar-refractivity contribution in [2.75, 3.05) is 6.26 Å². The molecule has 1 N–H and O–H groups in total. The summed E-state index contributed by atoms with van der Waals surface area (Å²) in [6.45, 7) is 0. The maximum atomic E-state index is 10.9. The molecule has 18 heavy (non-hydrogen) atoms. The molecule has 2 aromatic rings. The highest BCUT2D eigenvalue weighted by Gasteiger charge is 2.13. The first kappa shape index (κ1) is 13.2. The Kier molecular flexibility index (Phi) is 3.77. The molecule has 0 saturated heterocycles. The first-order chi connectivity index (χ1) is 8.51. The van der Waals surface area contributed by atoms with Gasteiger partial charge >= 0.3 is 5.97 Å². The lowest BCUT2D eigenvalue weighted by atomic mass is 10.1. The Hall–Kier alpha value is -1.27. The van der Waals surface area contributed by atoms with Crippen LogP contribution in [0.25, 0.3) is 11.3 Å². The van der Waals surface area contributed by atoms with Gasteiger partial charge in [-0.3, -0.25) is 4.68 Å². The van der Waals surface area contributed by atoms with Gasteiger partial charge in [0.2, 0.25) is 0 Å². The zero-order chi connectivity index (χ0) is 13.3. The predicted octanol–water partition coefficient (Wildman–Crippen LogP) is 3.27. The molecule has 2 rings (SSSR count). The summed E-state index contributed by atoms with van der Waals surface area (Å²) in [6, 6.07) is 7.55. The summed E-state index contributed by atoms with van der Waals surface area (Å²) in [4.78, 5) is 12.0. The molecule has 0 saturated carbocycles. The van der Waals surface area contributed by atoms with Crippen molar-refractivity contribution in [3.8, 4) is 11.3 Å². The van der Waals surface area contributed by atoms with Crippen molar-refractivity contribution in [2.45, 2.75) is 4.90 Å². The molecule has 0 spiro atoms. The first-order valence-electron chi connectivity index (χ1n) is 5.13. The molecule has 0 bridgehead atoms. The van der Waals surface area contributed by atoms with Crippen LogP contribution in [0.3, 0.4) is 0 Å². The molecule has 0 aliphatic carbocycles. The van der Waals surface area contributed by atoms with Crippen molar-refractivity contribution in [2.24, 2.45) is 7.05 Å². The normalized spacial score (nSPS) is 10.6. The number of nitrogens with zero attached hydrogens (tertiary/aromatic N) is 2. The van der Waals surface area contributed by atoms with Crippen LogP contribution in [0.15, 0.2) is 33.6 Å². The van der Waals surface area contributed by atoms with Crippen LogP contribution in [0.5, 0.6) is 0 Å². The summed E-state index contributed by atoms with van der Waals surface area (Å²) < 4.78 is 2.54. The molecule has 1 aromatic heterocycles. The van der Waals surface area contributed by atoms with Gasteiger partial charge in [-0.2, -0.15) is 5.10 Å². The van der Waals surface area contributed by atoms with Crippen molar-refractivity contribution in [1.29, 1.82) is 0 Å². The second-order valence-electron chi connectivity index (χ2n) is 3.72. The highest BCUT2D eigenvalue weighted by atomic mass is 79.9. The molecule has 0 amide bonds. The Morgan fingerprint density at radius 1 is 1.39 bits per heavy atom. The van der Waals surface area contributed by atoms with Gasteiger partial charge in [0.1, 0.15) is 0 Å². The molecule has 0 atom stereocenters. The summed E-state index contributed by atoms with van der Waals surface area (Å²) in [5, 5.41) is 12.9. The van der Waals surface area contributed by atoms with E-state index in [1.54, 1.807) is 29.6 Å². The summed E-state index contributed by atoms with van der Waals surface area (Å²) in [6.07, 6.45) is 2.00. The Morgan fingerprint density at radius 2 is 2.11 bits per heavy atom. The van der Waals surface area contributed by atoms with Crippen LogP contribution in [-0.2, 0) is 7.05 Å². The van der Waals surface area contributed by atoms with Crippen molar-refractivity contribution < 1.29 is 9.90 Å². The molecule has 0 radical (unpaired) electrons. The lowest BCUT2D eigenvalue weighted by Crippen LogP contribution is -1.99. The van der Waals surface area contributed by atoms with Gasteiger partial charge in [0.05, 0.1) is 5.69 Å². The number of rotatable bonds is 3. The van der Waals surface area contributed by atoms with Crippen LogP contribution in [0.2, 0.25) is 0 Å². The number of hydrogen-bond donors (Lipinski definition) is 1. The number of aryl methyl sites for hydroxylation is 1. The molecule has 0 aliphatic rings. The monoisotopic (exact) mass is 326 g/mol. The molecule has 1 aromatic carbocycles. The molecule has 4 nitrogen and oxygen atoms in total. The van der Waals surface area contributed by atoms with Crippen LogP contribution < -0.4 is 0 Å². The fourth-order valence-electron chi connectivity index (χ4n) is 1.67. The van der Waals surface area contributed by atoms with Gasteiger partial charge in [-0.25, -0.2) is 4.79 Å². The Morgan fingerprint density at radius 3 is 2.67 bits per heavy atom. The Balaban J connectivity index is 2.54. The summed E-state index contributed by atoms with van der Waals surface area (Å²) in [5.41, 5.74) is 1.78. The first-order valence-corrected chi connectivity index (χ1v) is 7.15. The Labute approximate surface area is 117 Å². The fourth-order valence-corrected chi connectivity index (χ4v) is 2.80. The minimum atomic E-state index is -1.02. The maximum absolute atomic E-state index is 10.9. The van der Waals surface area contributed by atoms with E-state index in [1.807, 2.05) is 24.5 Å². The number of carboxylic acid groups (broad SMARTS) is 1. The van der Waals surface area contributed by atoms with Crippen molar-refractivity contribution >= 4 is 33.7 Å². The van der Waals surface area contributed by atoms with Crippen LogP contribution in [0.4, 0.5) is 0 Å². The van der Waals surface area contributed by atoms with E-state index in [9.17, 15) is 4.79 Å². The predicted molar refractivity (Wildman–Crippen MR) is 75.1 cm³/mol. The molecule has 0 unspecified atom stereocenters. The van der Waals surface area contributed by atoms with Gasteiger partial charge in [0, 0.05) is 22.0 Å². The molecule has 1 heterocycles.